The molecule has 1 aliphatic rings. The third-order valence-corrected chi connectivity index (χ3v) is 2.43. The van der Waals surface area contributed by atoms with Gasteiger partial charge in [-0.3, -0.25) is 0 Å². The normalized spacial score (nSPS) is 32.2. The zero-order chi connectivity index (χ0) is 8.10. The number of alkyl halides is 1. The summed E-state index contributed by atoms with van der Waals surface area (Å²) in [6.07, 6.45) is 4.87. The van der Waals surface area contributed by atoms with Crippen LogP contribution in [0.4, 0.5) is 0 Å². The lowest BCUT2D eigenvalue weighted by Crippen LogP contribution is -2.25. The van der Waals surface area contributed by atoms with E-state index in [1.54, 1.807) is 0 Å². The van der Waals surface area contributed by atoms with Crippen LogP contribution in [0.2, 0.25) is 0 Å². The third kappa shape index (κ3) is 3.41. The summed E-state index contributed by atoms with van der Waals surface area (Å²) in [5.74, 6) is 0. The molecular formula is C8H16ClNO. The SMILES string of the molecule is NCCOC1CCCC(Cl)C1. The summed E-state index contributed by atoms with van der Waals surface area (Å²) in [6, 6.07) is 0. The van der Waals surface area contributed by atoms with Crippen LogP contribution in [-0.2, 0) is 4.74 Å². The fourth-order valence-electron chi connectivity index (χ4n) is 1.47. The second-order valence-corrected chi connectivity index (χ2v) is 3.66. The van der Waals surface area contributed by atoms with Gasteiger partial charge in [0, 0.05) is 11.9 Å². The summed E-state index contributed by atoms with van der Waals surface area (Å²) in [5, 5.41) is 0.325. The fraction of sp³-hybridized carbons (Fsp3) is 1.00. The number of rotatable bonds is 3. The largest absolute Gasteiger partial charge is 0.377 e. The summed E-state index contributed by atoms with van der Waals surface area (Å²) in [7, 11) is 0. The van der Waals surface area contributed by atoms with Crippen LogP contribution in [0.5, 0.6) is 0 Å². The average Bonchev–Trinajstić information content (AvgIpc) is 2.01. The molecule has 2 unspecified atom stereocenters. The molecule has 0 aromatic heterocycles. The standard InChI is InChI=1S/C8H16ClNO/c9-7-2-1-3-8(6-7)11-5-4-10/h7-8H,1-6,10H2. The molecule has 2 nitrogen and oxygen atoms in total. The lowest BCUT2D eigenvalue weighted by Gasteiger charge is -2.25. The van der Waals surface area contributed by atoms with Crippen LogP contribution < -0.4 is 5.73 Å². The average molecular weight is 178 g/mol. The van der Waals surface area contributed by atoms with Gasteiger partial charge in [0.25, 0.3) is 0 Å². The van der Waals surface area contributed by atoms with Gasteiger partial charge >= 0.3 is 0 Å². The highest BCUT2D eigenvalue weighted by atomic mass is 35.5. The molecular weight excluding hydrogens is 162 g/mol. The molecule has 0 radical (unpaired) electrons. The summed E-state index contributed by atoms with van der Waals surface area (Å²) < 4.78 is 5.49. The van der Waals surface area contributed by atoms with Crippen LogP contribution in [0.3, 0.4) is 0 Å². The smallest absolute Gasteiger partial charge is 0.0592 e. The van der Waals surface area contributed by atoms with Gasteiger partial charge in [0.2, 0.25) is 0 Å². The third-order valence-electron chi connectivity index (χ3n) is 2.03. The number of hydrogen-bond acceptors (Lipinski definition) is 2. The van der Waals surface area contributed by atoms with E-state index < -0.39 is 0 Å². The maximum absolute atomic E-state index is 5.98. The number of hydrogen-bond donors (Lipinski definition) is 1. The molecule has 2 N–H and O–H groups in total. The van der Waals surface area contributed by atoms with Crippen molar-refractivity contribution in [3.05, 3.63) is 0 Å². The van der Waals surface area contributed by atoms with Crippen LogP contribution in [0.1, 0.15) is 25.7 Å². The second kappa shape index (κ2) is 4.96. The fourth-order valence-corrected chi connectivity index (χ4v) is 1.83. The van der Waals surface area contributed by atoms with Crippen molar-refractivity contribution in [2.75, 3.05) is 13.2 Å². The van der Waals surface area contributed by atoms with Crippen molar-refractivity contribution in [1.29, 1.82) is 0 Å². The Morgan fingerprint density at radius 3 is 2.91 bits per heavy atom. The maximum atomic E-state index is 5.98. The Hall–Kier alpha value is 0.210. The molecule has 66 valence electrons. The van der Waals surface area contributed by atoms with Gasteiger partial charge in [-0.05, 0) is 25.7 Å². The highest BCUT2D eigenvalue weighted by Crippen LogP contribution is 2.24. The quantitative estimate of drug-likeness (QED) is 0.664. The molecule has 0 bridgehead atoms. The van der Waals surface area contributed by atoms with E-state index in [0.717, 1.165) is 19.3 Å². The Morgan fingerprint density at radius 2 is 2.27 bits per heavy atom. The second-order valence-electron chi connectivity index (χ2n) is 3.05. The van der Waals surface area contributed by atoms with Gasteiger partial charge in [0.15, 0.2) is 0 Å². The van der Waals surface area contributed by atoms with E-state index in [1.165, 1.54) is 6.42 Å². The molecule has 1 saturated carbocycles. The van der Waals surface area contributed by atoms with Crippen molar-refractivity contribution in [2.24, 2.45) is 5.73 Å². The van der Waals surface area contributed by atoms with Gasteiger partial charge in [-0.15, -0.1) is 11.6 Å². The Kier molecular flexibility index (Phi) is 4.20. The lowest BCUT2D eigenvalue weighted by molar-refractivity contribution is 0.0344. The molecule has 0 amide bonds. The molecule has 1 aliphatic carbocycles. The van der Waals surface area contributed by atoms with Gasteiger partial charge in [0.05, 0.1) is 12.7 Å². The van der Waals surface area contributed by atoms with E-state index in [0.29, 0.717) is 24.6 Å². The predicted molar refractivity (Wildman–Crippen MR) is 46.9 cm³/mol. The minimum Gasteiger partial charge on any atom is -0.377 e. The molecule has 0 spiro atoms. The highest BCUT2D eigenvalue weighted by molar-refractivity contribution is 6.20. The first-order valence-corrected chi connectivity index (χ1v) is 4.72. The Balaban J connectivity index is 2.12. The number of halogens is 1. The Labute approximate surface area is 73.0 Å². The van der Waals surface area contributed by atoms with E-state index >= 15 is 0 Å². The minimum absolute atomic E-state index is 0.325. The maximum Gasteiger partial charge on any atom is 0.0592 e. The van der Waals surface area contributed by atoms with Gasteiger partial charge < -0.3 is 10.5 Å². The monoisotopic (exact) mass is 177 g/mol. The highest BCUT2D eigenvalue weighted by Gasteiger charge is 2.19. The molecule has 0 aromatic rings. The zero-order valence-electron chi connectivity index (χ0n) is 6.76. The molecule has 0 heterocycles. The van der Waals surface area contributed by atoms with Crippen LogP contribution in [-0.4, -0.2) is 24.6 Å². The van der Waals surface area contributed by atoms with Crippen LogP contribution >= 0.6 is 11.6 Å². The van der Waals surface area contributed by atoms with E-state index in [9.17, 15) is 0 Å². The molecule has 1 fully saturated rings. The van der Waals surface area contributed by atoms with Crippen molar-refractivity contribution in [2.45, 2.75) is 37.2 Å². The minimum atomic E-state index is 0.325. The van der Waals surface area contributed by atoms with Crippen molar-refractivity contribution in [3.63, 3.8) is 0 Å². The summed E-state index contributed by atoms with van der Waals surface area (Å²) >= 11 is 5.98. The van der Waals surface area contributed by atoms with Crippen LogP contribution in [0, 0.1) is 0 Å². The number of ether oxygens (including phenoxy) is 1. The lowest BCUT2D eigenvalue weighted by atomic mass is 9.97. The summed E-state index contributed by atoms with van der Waals surface area (Å²) in [5.41, 5.74) is 5.32. The molecule has 2 atom stereocenters. The van der Waals surface area contributed by atoms with Crippen molar-refractivity contribution >= 4 is 11.6 Å². The molecule has 3 heteroatoms. The first-order chi connectivity index (χ1) is 5.33. The van der Waals surface area contributed by atoms with Crippen molar-refractivity contribution < 1.29 is 4.74 Å². The van der Waals surface area contributed by atoms with E-state index in [2.05, 4.69) is 0 Å². The van der Waals surface area contributed by atoms with Gasteiger partial charge in [-0.25, -0.2) is 0 Å². The first kappa shape index (κ1) is 9.30. The van der Waals surface area contributed by atoms with E-state index in [4.69, 9.17) is 22.1 Å². The number of nitrogens with two attached hydrogens (primary N) is 1. The van der Waals surface area contributed by atoms with Crippen molar-refractivity contribution in [3.8, 4) is 0 Å². The van der Waals surface area contributed by atoms with Gasteiger partial charge in [-0.2, -0.15) is 0 Å². The molecule has 1 rings (SSSR count). The molecule has 0 aromatic carbocycles. The molecule has 11 heavy (non-hydrogen) atoms. The van der Waals surface area contributed by atoms with E-state index in [-0.39, 0.29) is 0 Å². The zero-order valence-corrected chi connectivity index (χ0v) is 7.52. The molecule has 0 aliphatic heterocycles. The van der Waals surface area contributed by atoms with Crippen LogP contribution in [0.25, 0.3) is 0 Å². The summed E-state index contributed by atoms with van der Waals surface area (Å²) in [6.45, 7) is 1.29. The van der Waals surface area contributed by atoms with Crippen molar-refractivity contribution in [1.82, 2.24) is 0 Å². The predicted octanol–water partition coefficient (Wildman–Crippen LogP) is 1.51. The Bertz CT molecular complexity index is 110. The van der Waals surface area contributed by atoms with Crippen LogP contribution in [0.15, 0.2) is 0 Å². The van der Waals surface area contributed by atoms with Gasteiger partial charge in [-0.1, -0.05) is 0 Å². The van der Waals surface area contributed by atoms with Gasteiger partial charge in [0.1, 0.15) is 0 Å². The topological polar surface area (TPSA) is 35.2 Å². The first-order valence-electron chi connectivity index (χ1n) is 4.28. The Morgan fingerprint density at radius 1 is 1.45 bits per heavy atom. The summed E-state index contributed by atoms with van der Waals surface area (Å²) in [4.78, 5) is 0. The molecule has 0 saturated heterocycles. The van der Waals surface area contributed by atoms with E-state index in [1.807, 2.05) is 0 Å².